The quantitative estimate of drug-likeness (QED) is 0.663. The molecular formula is C14H27N5. The van der Waals surface area contributed by atoms with Crippen molar-refractivity contribution in [2.75, 3.05) is 20.6 Å². The first-order valence-electron chi connectivity index (χ1n) is 6.84. The lowest BCUT2D eigenvalue weighted by Gasteiger charge is -2.22. The van der Waals surface area contributed by atoms with E-state index in [0.29, 0.717) is 6.04 Å². The molecular weight excluding hydrogens is 238 g/mol. The van der Waals surface area contributed by atoms with E-state index in [1.807, 2.05) is 37.6 Å². The van der Waals surface area contributed by atoms with E-state index in [2.05, 4.69) is 36.2 Å². The molecule has 0 radical (unpaired) electrons. The Morgan fingerprint density at radius 1 is 1.42 bits per heavy atom. The van der Waals surface area contributed by atoms with Crippen molar-refractivity contribution in [2.24, 2.45) is 12.0 Å². The highest BCUT2D eigenvalue weighted by Gasteiger charge is 2.14. The second kappa shape index (κ2) is 6.59. The van der Waals surface area contributed by atoms with Crippen LogP contribution >= 0.6 is 0 Å². The van der Waals surface area contributed by atoms with Crippen molar-refractivity contribution in [1.82, 2.24) is 20.0 Å². The Hall–Kier alpha value is -1.52. The summed E-state index contributed by atoms with van der Waals surface area (Å²) in [5.41, 5.74) is 3.69. The lowest BCUT2D eigenvalue weighted by atomic mass is 10.1. The highest BCUT2D eigenvalue weighted by atomic mass is 15.3. The Balaban J connectivity index is 2.74. The summed E-state index contributed by atoms with van der Waals surface area (Å²) in [6.07, 6.45) is 0.960. The molecule has 5 heteroatoms. The van der Waals surface area contributed by atoms with Gasteiger partial charge >= 0.3 is 0 Å². The summed E-state index contributed by atoms with van der Waals surface area (Å²) >= 11 is 0. The van der Waals surface area contributed by atoms with Crippen LogP contribution in [0.15, 0.2) is 4.99 Å². The number of nitrogens with zero attached hydrogens (tertiary/aromatic N) is 4. The Kier molecular flexibility index (Phi) is 5.39. The van der Waals surface area contributed by atoms with Crippen LogP contribution in [0.25, 0.3) is 0 Å². The molecule has 1 rings (SSSR count). The molecule has 0 fully saturated rings. The lowest BCUT2D eigenvalue weighted by molar-refractivity contribution is 0.543. The standard InChI is InChI=1S/C14H27N5/c1-8-15-14(18(5)6)16-10(2)9-13-11(3)17-19(7)12(13)4/h10H,8-9H2,1-7H3,(H,15,16). The van der Waals surface area contributed by atoms with Crippen molar-refractivity contribution >= 4 is 5.96 Å². The predicted molar refractivity (Wildman–Crippen MR) is 80.6 cm³/mol. The van der Waals surface area contributed by atoms with Crippen LogP contribution in [0.5, 0.6) is 0 Å². The van der Waals surface area contributed by atoms with E-state index >= 15 is 0 Å². The van der Waals surface area contributed by atoms with Crippen LogP contribution in [-0.2, 0) is 13.5 Å². The second-order valence-corrected chi connectivity index (χ2v) is 5.21. The van der Waals surface area contributed by atoms with Crippen LogP contribution in [0.3, 0.4) is 0 Å². The van der Waals surface area contributed by atoms with E-state index in [4.69, 9.17) is 0 Å². The Bertz CT molecular complexity index is 445. The van der Waals surface area contributed by atoms with E-state index < -0.39 is 0 Å². The number of hydrogen-bond acceptors (Lipinski definition) is 2. The van der Waals surface area contributed by atoms with E-state index in [1.54, 1.807) is 0 Å². The number of aliphatic imine (C=N–C) groups is 1. The zero-order valence-corrected chi connectivity index (χ0v) is 13.3. The highest BCUT2D eigenvalue weighted by molar-refractivity contribution is 5.79. The number of hydrogen-bond donors (Lipinski definition) is 1. The smallest absolute Gasteiger partial charge is 0.193 e. The fourth-order valence-electron chi connectivity index (χ4n) is 2.16. The van der Waals surface area contributed by atoms with Crippen LogP contribution in [0.4, 0.5) is 0 Å². The molecule has 0 aliphatic heterocycles. The van der Waals surface area contributed by atoms with Crippen molar-refractivity contribution in [3.63, 3.8) is 0 Å². The highest BCUT2D eigenvalue weighted by Crippen LogP contribution is 2.14. The van der Waals surface area contributed by atoms with Gasteiger partial charge in [0.05, 0.1) is 5.69 Å². The minimum absolute atomic E-state index is 0.328. The summed E-state index contributed by atoms with van der Waals surface area (Å²) in [4.78, 5) is 6.48. The van der Waals surface area contributed by atoms with Crippen LogP contribution in [0.1, 0.15) is 30.8 Å². The van der Waals surface area contributed by atoms with Gasteiger partial charge in [-0.3, -0.25) is 9.67 Å². The molecule has 1 unspecified atom stereocenters. The molecule has 0 aliphatic rings. The fraction of sp³-hybridized carbons (Fsp3) is 0.714. The third-order valence-electron chi connectivity index (χ3n) is 3.28. The molecule has 19 heavy (non-hydrogen) atoms. The first-order chi connectivity index (χ1) is 8.86. The summed E-state index contributed by atoms with van der Waals surface area (Å²) in [6, 6.07) is 0.328. The van der Waals surface area contributed by atoms with E-state index in [-0.39, 0.29) is 0 Å². The molecule has 0 saturated heterocycles. The maximum absolute atomic E-state index is 4.47. The van der Waals surface area contributed by atoms with E-state index in [0.717, 1.165) is 24.6 Å². The summed E-state index contributed by atoms with van der Waals surface area (Å²) in [5.74, 6) is 0.939. The zero-order chi connectivity index (χ0) is 14.6. The van der Waals surface area contributed by atoms with E-state index in [1.165, 1.54) is 11.3 Å². The fourth-order valence-corrected chi connectivity index (χ4v) is 2.16. The van der Waals surface area contributed by atoms with Crippen LogP contribution in [0, 0.1) is 13.8 Å². The molecule has 1 aromatic heterocycles. The van der Waals surface area contributed by atoms with Gasteiger partial charge in [-0.05, 0) is 39.7 Å². The first kappa shape index (κ1) is 15.5. The maximum atomic E-state index is 4.47. The lowest BCUT2D eigenvalue weighted by Crippen LogP contribution is -2.42. The molecule has 1 N–H and O–H groups in total. The average molecular weight is 265 g/mol. The van der Waals surface area contributed by atoms with Gasteiger partial charge in [-0.2, -0.15) is 5.10 Å². The monoisotopic (exact) mass is 265 g/mol. The molecule has 0 bridgehead atoms. The van der Waals surface area contributed by atoms with Crippen LogP contribution < -0.4 is 5.32 Å². The third-order valence-corrected chi connectivity index (χ3v) is 3.28. The topological polar surface area (TPSA) is 45.5 Å². The van der Waals surface area contributed by atoms with Gasteiger partial charge in [0.2, 0.25) is 0 Å². The Morgan fingerprint density at radius 2 is 2.05 bits per heavy atom. The minimum Gasteiger partial charge on any atom is -0.353 e. The number of aryl methyl sites for hydroxylation is 2. The Morgan fingerprint density at radius 3 is 2.47 bits per heavy atom. The molecule has 0 saturated carbocycles. The first-order valence-corrected chi connectivity index (χ1v) is 6.84. The SMILES string of the molecule is CCN=C(NC(C)Cc1c(C)nn(C)c1C)N(C)C. The van der Waals surface area contributed by atoms with Crippen molar-refractivity contribution in [2.45, 2.75) is 40.2 Å². The minimum atomic E-state index is 0.328. The number of nitrogens with one attached hydrogen (secondary N) is 1. The summed E-state index contributed by atoms with van der Waals surface area (Å²) < 4.78 is 1.95. The van der Waals surface area contributed by atoms with Gasteiger partial charge < -0.3 is 10.2 Å². The van der Waals surface area contributed by atoms with Gasteiger partial charge in [-0.15, -0.1) is 0 Å². The van der Waals surface area contributed by atoms with Crippen molar-refractivity contribution < 1.29 is 0 Å². The van der Waals surface area contributed by atoms with Crippen LogP contribution in [-0.4, -0.2) is 47.3 Å². The maximum Gasteiger partial charge on any atom is 0.193 e. The largest absolute Gasteiger partial charge is 0.353 e. The van der Waals surface area contributed by atoms with Gasteiger partial charge in [0.1, 0.15) is 0 Å². The summed E-state index contributed by atoms with van der Waals surface area (Å²) in [6.45, 7) is 9.21. The molecule has 1 atom stereocenters. The predicted octanol–water partition coefficient (Wildman–Crippen LogP) is 1.50. The normalized spacial score (nSPS) is 13.5. The van der Waals surface area contributed by atoms with Gasteiger partial charge in [-0.25, -0.2) is 0 Å². The third kappa shape index (κ3) is 3.98. The van der Waals surface area contributed by atoms with Crippen molar-refractivity contribution in [3.05, 3.63) is 17.0 Å². The molecule has 0 aliphatic carbocycles. The molecule has 0 aromatic carbocycles. The van der Waals surface area contributed by atoms with Gasteiger partial charge in [0.25, 0.3) is 0 Å². The molecule has 0 amide bonds. The van der Waals surface area contributed by atoms with Gasteiger partial charge in [0.15, 0.2) is 5.96 Å². The number of guanidine groups is 1. The van der Waals surface area contributed by atoms with Crippen LogP contribution in [0.2, 0.25) is 0 Å². The number of rotatable bonds is 4. The van der Waals surface area contributed by atoms with Gasteiger partial charge in [0, 0.05) is 39.4 Å². The number of aromatic nitrogens is 2. The molecule has 5 nitrogen and oxygen atoms in total. The second-order valence-electron chi connectivity index (χ2n) is 5.21. The zero-order valence-electron chi connectivity index (χ0n) is 13.3. The van der Waals surface area contributed by atoms with Crippen molar-refractivity contribution in [3.8, 4) is 0 Å². The molecule has 0 spiro atoms. The molecule has 108 valence electrons. The molecule has 1 heterocycles. The average Bonchev–Trinajstić information content (AvgIpc) is 2.55. The summed E-state index contributed by atoms with van der Waals surface area (Å²) in [7, 11) is 6.01. The summed E-state index contributed by atoms with van der Waals surface area (Å²) in [5, 5.41) is 7.93. The Labute approximate surface area is 116 Å². The van der Waals surface area contributed by atoms with Crippen molar-refractivity contribution in [1.29, 1.82) is 0 Å². The molecule has 1 aromatic rings. The van der Waals surface area contributed by atoms with Gasteiger partial charge in [-0.1, -0.05) is 0 Å². The van der Waals surface area contributed by atoms with E-state index in [9.17, 15) is 0 Å².